The van der Waals surface area contributed by atoms with Crippen LogP contribution in [0.4, 0.5) is 0 Å². The van der Waals surface area contributed by atoms with E-state index in [0.717, 1.165) is 12.1 Å². The molecule has 1 spiro atoms. The van der Waals surface area contributed by atoms with Crippen LogP contribution < -0.4 is 0 Å². The Morgan fingerprint density at radius 3 is 3.08 bits per heavy atom. The number of carbonyl (C=O) groups excluding carboxylic acids is 1. The third-order valence-corrected chi connectivity index (χ3v) is 2.77. The molecule has 5 heteroatoms. The van der Waals surface area contributed by atoms with Crippen LogP contribution in [0.3, 0.4) is 0 Å². The molecule has 1 fully saturated rings. The second-order valence-electron chi connectivity index (χ2n) is 3.62. The molecule has 1 saturated heterocycles. The van der Waals surface area contributed by atoms with Crippen LogP contribution >= 0.6 is 0 Å². The fourth-order valence-electron chi connectivity index (χ4n) is 1.98. The number of nitrogens with zero attached hydrogens (tertiary/aromatic N) is 3. The Bertz CT molecular complexity index is 392. The van der Waals surface area contributed by atoms with E-state index in [-0.39, 0.29) is 11.4 Å². The van der Waals surface area contributed by atoms with Gasteiger partial charge in [0.05, 0.1) is 6.61 Å². The number of Topliss-reactive ketones (excluding diaryl/α,β-unsaturated/α-hetero) is 1. The Morgan fingerprint density at radius 2 is 2.38 bits per heavy atom. The molecule has 0 amide bonds. The number of hydrogen-bond acceptors (Lipinski definition) is 4. The summed E-state index contributed by atoms with van der Waals surface area (Å²) >= 11 is 0. The van der Waals surface area contributed by atoms with Crippen molar-refractivity contribution in [2.24, 2.45) is 7.05 Å². The van der Waals surface area contributed by atoms with E-state index in [2.05, 4.69) is 10.3 Å². The molecule has 1 aromatic heterocycles. The molecule has 1 unspecified atom stereocenters. The van der Waals surface area contributed by atoms with E-state index in [4.69, 9.17) is 4.74 Å². The number of hydrogen-bond donors (Lipinski definition) is 0. The highest BCUT2D eigenvalue weighted by Gasteiger charge is 2.54. The van der Waals surface area contributed by atoms with Crippen LogP contribution in [0.25, 0.3) is 0 Å². The molecule has 0 aromatic carbocycles. The molecule has 0 saturated carbocycles. The van der Waals surface area contributed by atoms with Gasteiger partial charge in [0.2, 0.25) is 0 Å². The zero-order valence-corrected chi connectivity index (χ0v) is 7.28. The molecule has 13 heavy (non-hydrogen) atoms. The van der Waals surface area contributed by atoms with Gasteiger partial charge in [-0.05, 0) is 6.42 Å². The van der Waals surface area contributed by atoms with Gasteiger partial charge in [0.15, 0.2) is 11.5 Å². The first kappa shape index (κ1) is 7.20. The third kappa shape index (κ3) is 0.771. The highest BCUT2D eigenvalue weighted by Crippen LogP contribution is 2.46. The lowest BCUT2D eigenvalue weighted by atomic mass is 9.89. The van der Waals surface area contributed by atoms with Crippen LogP contribution in [0.15, 0.2) is 0 Å². The van der Waals surface area contributed by atoms with Gasteiger partial charge in [-0.25, -0.2) is 4.68 Å². The highest BCUT2D eigenvalue weighted by molar-refractivity contribution is 5.96. The SMILES string of the molecule is Cn1nnc2c1C1(CCC2=O)CO1. The Morgan fingerprint density at radius 1 is 1.62 bits per heavy atom. The number of carbonyl (C=O) groups is 1. The Hall–Kier alpha value is -1.23. The van der Waals surface area contributed by atoms with Crippen molar-refractivity contribution < 1.29 is 9.53 Å². The van der Waals surface area contributed by atoms with E-state index in [9.17, 15) is 4.79 Å². The van der Waals surface area contributed by atoms with E-state index in [0.29, 0.717) is 18.7 Å². The Kier molecular flexibility index (Phi) is 1.10. The zero-order chi connectivity index (χ0) is 9.05. The molecule has 0 bridgehead atoms. The lowest BCUT2D eigenvalue weighted by Gasteiger charge is -2.16. The van der Waals surface area contributed by atoms with Crippen LogP contribution in [-0.4, -0.2) is 27.4 Å². The van der Waals surface area contributed by atoms with Gasteiger partial charge in [0.1, 0.15) is 11.3 Å². The Balaban J connectivity index is 2.24. The van der Waals surface area contributed by atoms with Crippen molar-refractivity contribution in [2.75, 3.05) is 6.61 Å². The summed E-state index contributed by atoms with van der Waals surface area (Å²) in [5.41, 5.74) is 1.15. The maximum Gasteiger partial charge on any atom is 0.185 e. The van der Waals surface area contributed by atoms with Crippen LogP contribution in [0.5, 0.6) is 0 Å². The van der Waals surface area contributed by atoms with Gasteiger partial charge >= 0.3 is 0 Å². The minimum atomic E-state index is -0.221. The largest absolute Gasteiger partial charge is 0.363 e. The van der Waals surface area contributed by atoms with Gasteiger partial charge in [-0.1, -0.05) is 5.21 Å². The average Bonchev–Trinajstić information content (AvgIpc) is 2.78. The predicted molar refractivity (Wildman–Crippen MR) is 42.2 cm³/mol. The predicted octanol–water partition coefficient (Wildman–Crippen LogP) is 0.0171. The second-order valence-corrected chi connectivity index (χ2v) is 3.62. The molecule has 68 valence electrons. The minimum Gasteiger partial charge on any atom is -0.363 e. The summed E-state index contributed by atoms with van der Waals surface area (Å²) in [7, 11) is 1.80. The minimum absolute atomic E-state index is 0.0872. The maximum atomic E-state index is 11.4. The average molecular weight is 179 g/mol. The number of epoxide rings is 1. The van der Waals surface area contributed by atoms with Crippen molar-refractivity contribution in [3.63, 3.8) is 0 Å². The standard InChI is InChI=1S/C8H9N3O2/c1-11-7-6(9-10-11)5(12)2-3-8(7)4-13-8/h2-4H2,1H3. The molecule has 1 aliphatic heterocycles. The van der Waals surface area contributed by atoms with E-state index in [1.54, 1.807) is 11.7 Å². The third-order valence-electron chi connectivity index (χ3n) is 2.77. The monoisotopic (exact) mass is 179 g/mol. The fraction of sp³-hybridized carbons (Fsp3) is 0.625. The summed E-state index contributed by atoms with van der Waals surface area (Å²) in [6, 6.07) is 0. The quantitative estimate of drug-likeness (QED) is 0.526. The van der Waals surface area contributed by atoms with Crippen molar-refractivity contribution in [3.8, 4) is 0 Å². The molecule has 3 rings (SSSR count). The molecular weight excluding hydrogens is 170 g/mol. The van der Waals surface area contributed by atoms with E-state index < -0.39 is 0 Å². The van der Waals surface area contributed by atoms with Crippen LogP contribution in [0.2, 0.25) is 0 Å². The van der Waals surface area contributed by atoms with Crippen molar-refractivity contribution in [1.29, 1.82) is 0 Å². The first-order valence-corrected chi connectivity index (χ1v) is 4.30. The first-order valence-electron chi connectivity index (χ1n) is 4.30. The molecule has 1 atom stereocenters. The van der Waals surface area contributed by atoms with Crippen molar-refractivity contribution in [2.45, 2.75) is 18.4 Å². The van der Waals surface area contributed by atoms with Crippen LogP contribution in [0.1, 0.15) is 29.0 Å². The topological polar surface area (TPSA) is 60.3 Å². The second kappa shape index (κ2) is 1.98. The van der Waals surface area contributed by atoms with Gasteiger partial charge in [0.25, 0.3) is 0 Å². The molecule has 0 radical (unpaired) electrons. The van der Waals surface area contributed by atoms with Gasteiger partial charge in [-0.3, -0.25) is 4.79 Å². The number of ketones is 1. The van der Waals surface area contributed by atoms with Crippen molar-refractivity contribution >= 4 is 5.78 Å². The molecule has 1 aliphatic carbocycles. The summed E-state index contributed by atoms with van der Waals surface area (Å²) in [6.07, 6.45) is 1.31. The Labute approximate surface area is 74.7 Å². The number of aryl methyl sites for hydroxylation is 1. The summed E-state index contributed by atoms with van der Waals surface area (Å²) in [5, 5.41) is 7.71. The summed E-state index contributed by atoms with van der Waals surface area (Å²) in [6.45, 7) is 0.703. The lowest BCUT2D eigenvalue weighted by Crippen LogP contribution is -2.24. The van der Waals surface area contributed by atoms with E-state index in [1.165, 1.54) is 0 Å². The lowest BCUT2D eigenvalue weighted by molar-refractivity contribution is 0.0939. The van der Waals surface area contributed by atoms with Crippen molar-refractivity contribution in [1.82, 2.24) is 15.0 Å². The molecule has 2 aliphatic rings. The molecule has 1 aromatic rings. The maximum absolute atomic E-state index is 11.4. The first-order chi connectivity index (χ1) is 6.23. The van der Waals surface area contributed by atoms with E-state index >= 15 is 0 Å². The highest BCUT2D eigenvalue weighted by atomic mass is 16.6. The molecule has 5 nitrogen and oxygen atoms in total. The fourth-order valence-corrected chi connectivity index (χ4v) is 1.98. The van der Waals surface area contributed by atoms with Crippen LogP contribution in [-0.2, 0) is 17.4 Å². The van der Waals surface area contributed by atoms with Gasteiger partial charge in [0, 0.05) is 13.5 Å². The number of aromatic nitrogens is 3. The number of ether oxygens (including phenoxy) is 1. The normalized spacial score (nSPS) is 30.7. The van der Waals surface area contributed by atoms with Crippen molar-refractivity contribution in [3.05, 3.63) is 11.4 Å². The molecule has 2 heterocycles. The molecule has 0 N–H and O–H groups in total. The zero-order valence-electron chi connectivity index (χ0n) is 7.28. The number of fused-ring (bicyclic) bond motifs is 2. The molecular formula is C8H9N3O2. The van der Waals surface area contributed by atoms with Crippen LogP contribution in [0, 0.1) is 0 Å². The van der Waals surface area contributed by atoms with Gasteiger partial charge in [-0.15, -0.1) is 5.10 Å². The smallest absolute Gasteiger partial charge is 0.185 e. The van der Waals surface area contributed by atoms with E-state index in [1.807, 2.05) is 0 Å². The summed E-state index contributed by atoms with van der Waals surface area (Å²) in [4.78, 5) is 11.4. The van der Waals surface area contributed by atoms with Gasteiger partial charge in [-0.2, -0.15) is 0 Å². The number of rotatable bonds is 0. The summed E-state index contributed by atoms with van der Waals surface area (Å²) in [5.74, 6) is 0.0872. The van der Waals surface area contributed by atoms with Gasteiger partial charge < -0.3 is 4.74 Å². The summed E-state index contributed by atoms with van der Waals surface area (Å²) < 4.78 is 7.05.